The molecule has 1 aromatic carbocycles. The first-order valence-electron chi connectivity index (χ1n) is 7.46. The van der Waals surface area contributed by atoms with Crippen molar-refractivity contribution in [2.45, 2.75) is 25.3 Å². The van der Waals surface area contributed by atoms with Gasteiger partial charge in [0.15, 0.2) is 0 Å². The van der Waals surface area contributed by atoms with E-state index in [9.17, 15) is 14.6 Å². The topological polar surface area (TPSA) is 110 Å². The van der Waals surface area contributed by atoms with Crippen molar-refractivity contribution in [1.82, 2.24) is 9.71 Å². The quantitative estimate of drug-likeness (QED) is 0.295. The molecule has 2 aliphatic rings. The highest BCUT2D eigenvalue weighted by Crippen LogP contribution is 2.27. The number of azide groups is 1. The van der Waals surface area contributed by atoms with Gasteiger partial charge in [-0.25, -0.2) is 0 Å². The summed E-state index contributed by atoms with van der Waals surface area (Å²) in [6, 6.07) is 6.23. The van der Waals surface area contributed by atoms with E-state index in [2.05, 4.69) is 10.0 Å². The Balaban J connectivity index is 1.80. The van der Waals surface area contributed by atoms with Crippen molar-refractivity contribution in [2.24, 2.45) is 5.11 Å². The van der Waals surface area contributed by atoms with E-state index in [4.69, 9.17) is 5.53 Å². The number of carbonyl (C=O) groups excluding carboxylic acids is 2. The minimum Gasteiger partial charge on any atom is -0.437 e. The molecule has 0 saturated carbocycles. The Morgan fingerprint density at radius 3 is 2.48 bits per heavy atom. The van der Waals surface area contributed by atoms with Crippen LogP contribution in [0.15, 0.2) is 29.4 Å². The summed E-state index contributed by atoms with van der Waals surface area (Å²) >= 11 is 0. The summed E-state index contributed by atoms with van der Waals surface area (Å²) in [5.41, 5.74) is 9.40. The van der Waals surface area contributed by atoms with Gasteiger partial charge < -0.3 is 9.83 Å². The molecule has 2 atom stereocenters. The largest absolute Gasteiger partial charge is 0.437 e. The lowest BCUT2D eigenvalue weighted by atomic mass is 9.84. The van der Waals surface area contributed by atoms with Crippen LogP contribution < -0.4 is 0 Å². The van der Waals surface area contributed by atoms with E-state index in [1.54, 1.807) is 35.9 Å². The van der Waals surface area contributed by atoms with E-state index in [0.29, 0.717) is 24.1 Å². The third-order valence-corrected chi connectivity index (χ3v) is 4.40. The zero-order valence-corrected chi connectivity index (χ0v) is 12.7. The van der Waals surface area contributed by atoms with E-state index in [1.807, 2.05) is 0 Å². The second-order valence-corrected chi connectivity index (χ2v) is 5.84. The van der Waals surface area contributed by atoms with Crippen LogP contribution in [-0.4, -0.2) is 58.8 Å². The summed E-state index contributed by atoms with van der Waals surface area (Å²) in [6.07, 6.45) is 0.502. The normalized spacial score (nSPS) is 23.8. The molecule has 118 valence electrons. The van der Waals surface area contributed by atoms with Gasteiger partial charge in [0.05, 0.1) is 17.2 Å². The summed E-state index contributed by atoms with van der Waals surface area (Å²) < 4.78 is 0. The Kier molecular flexibility index (Phi) is 4.08. The Morgan fingerprint density at radius 1 is 1.35 bits per heavy atom. The molecule has 3 rings (SSSR count). The minimum atomic E-state index is -0.742. The molecule has 0 bridgehead atoms. The van der Waals surface area contributed by atoms with Gasteiger partial charge >= 0.3 is 7.05 Å². The lowest BCUT2D eigenvalue weighted by Crippen LogP contribution is -2.48. The van der Waals surface area contributed by atoms with Crippen molar-refractivity contribution >= 4 is 18.9 Å². The molecule has 23 heavy (non-hydrogen) atoms. The van der Waals surface area contributed by atoms with E-state index in [0.717, 1.165) is 0 Å². The first-order valence-corrected chi connectivity index (χ1v) is 7.46. The highest BCUT2D eigenvalue weighted by Gasteiger charge is 2.41. The molecular weight excluding hydrogens is 297 g/mol. The van der Waals surface area contributed by atoms with Crippen molar-refractivity contribution in [1.29, 1.82) is 0 Å². The van der Waals surface area contributed by atoms with Crippen molar-refractivity contribution in [2.75, 3.05) is 13.1 Å². The zero-order valence-electron chi connectivity index (χ0n) is 12.7. The maximum Gasteiger partial charge on any atom is 0.376 e. The van der Waals surface area contributed by atoms with Gasteiger partial charge in [0.1, 0.15) is 0 Å². The van der Waals surface area contributed by atoms with Crippen molar-refractivity contribution in [3.63, 3.8) is 0 Å². The third kappa shape index (κ3) is 2.70. The van der Waals surface area contributed by atoms with Crippen molar-refractivity contribution in [3.8, 4) is 0 Å². The number of hydrogen-bond acceptors (Lipinski definition) is 5. The Hall–Kier alpha value is -2.35. The number of hydrogen-bond donors (Lipinski definition) is 1. The fourth-order valence-electron chi connectivity index (χ4n) is 3.33. The molecule has 1 unspecified atom stereocenters. The number of fused-ring (bicyclic) bond motifs is 1. The second kappa shape index (κ2) is 6.04. The standard InChI is InChI=1S/C14H16BN5O3/c1-15(23)20-7-9(17-18-16)6-10(20)8-19-13(21)11-4-2-3-5-12(11)14(19)22/h2-5,9-10,23H,6-8H2,1H3/t9?,10-/m1/s1. The van der Waals surface area contributed by atoms with E-state index >= 15 is 0 Å². The molecule has 2 amide bonds. The van der Waals surface area contributed by atoms with Crippen LogP contribution in [0.3, 0.4) is 0 Å². The molecule has 0 aromatic heterocycles. The van der Waals surface area contributed by atoms with Crippen LogP contribution in [0, 0.1) is 0 Å². The fraction of sp³-hybridized carbons (Fsp3) is 0.429. The molecule has 1 aromatic rings. The minimum absolute atomic E-state index is 0.175. The highest BCUT2D eigenvalue weighted by atomic mass is 16.2. The van der Waals surface area contributed by atoms with Crippen molar-refractivity contribution in [3.05, 3.63) is 45.8 Å². The first-order chi connectivity index (χ1) is 11.0. The van der Waals surface area contributed by atoms with Crippen molar-refractivity contribution < 1.29 is 14.6 Å². The van der Waals surface area contributed by atoms with Gasteiger partial charge in [0.25, 0.3) is 11.8 Å². The van der Waals surface area contributed by atoms with Crippen LogP contribution in [-0.2, 0) is 0 Å². The van der Waals surface area contributed by atoms with Gasteiger partial charge in [-0.2, -0.15) is 0 Å². The smallest absolute Gasteiger partial charge is 0.376 e. The van der Waals surface area contributed by atoms with E-state index < -0.39 is 7.05 Å². The average Bonchev–Trinajstić information content (AvgIpc) is 3.04. The van der Waals surface area contributed by atoms with Crippen LogP contribution in [0.1, 0.15) is 27.1 Å². The molecule has 0 spiro atoms. The number of imide groups is 1. The predicted molar refractivity (Wildman–Crippen MR) is 83.7 cm³/mol. The maximum absolute atomic E-state index is 12.4. The van der Waals surface area contributed by atoms with Crippen LogP contribution in [0.4, 0.5) is 0 Å². The first kappa shape index (κ1) is 15.5. The molecule has 2 aliphatic heterocycles. The Morgan fingerprint density at radius 2 is 1.96 bits per heavy atom. The summed E-state index contributed by atoms with van der Waals surface area (Å²) in [7, 11) is -0.742. The van der Waals surface area contributed by atoms with Gasteiger partial charge in [-0.3, -0.25) is 14.5 Å². The average molecular weight is 313 g/mol. The van der Waals surface area contributed by atoms with E-state index in [-0.39, 0.29) is 30.4 Å². The summed E-state index contributed by atoms with van der Waals surface area (Å²) in [5.74, 6) is -0.633. The molecule has 0 radical (unpaired) electrons. The highest BCUT2D eigenvalue weighted by molar-refractivity contribution is 6.45. The molecule has 2 heterocycles. The number of rotatable bonds is 4. The maximum atomic E-state index is 12.4. The lowest BCUT2D eigenvalue weighted by Gasteiger charge is -2.28. The number of benzene rings is 1. The zero-order chi connectivity index (χ0) is 16.6. The number of nitrogens with zero attached hydrogens (tertiary/aromatic N) is 5. The van der Waals surface area contributed by atoms with Gasteiger partial charge in [0.2, 0.25) is 0 Å². The molecule has 0 aliphatic carbocycles. The monoisotopic (exact) mass is 313 g/mol. The predicted octanol–water partition coefficient (Wildman–Crippen LogP) is 1.15. The summed E-state index contributed by atoms with van der Waals surface area (Å²) in [5, 5.41) is 13.6. The molecule has 1 saturated heterocycles. The van der Waals surface area contributed by atoms with Crippen LogP contribution in [0.25, 0.3) is 10.4 Å². The van der Waals surface area contributed by atoms with Gasteiger partial charge in [-0.05, 0) is 37.5 Å². The lowest BCUT2D eigenvalue weighted by molar-refractivity contribution is 0.0625. The molecule has 8 nitrogen and oxygen atoms in total. The second-order valence-electron chi connectivity index (χ2n) is 5.84. The third-order valence-electron chi connectivity index (χ3n) is 4.40. The Labute approximate surface area is 133 Å². The van der Waals surface area contributed by atoms with Crippen LogP contribution >= 0.6 is 0 Å². The molecular formula is C14H16BN5O3. The van der Waals surface area contributed by atoms with Gasteiger partial charge in [-0.15, -0.1) is 0 Å². The fourth-order valence-corrected chi connectivity index (χ4v) is 3.33. The molecule has 1 N–H and O–H groups in total. The van der Waals surface area contributed by atoms with Gasteiger partial charge in [0, 0.05) is 17.5 Å². The number of carbonyl (C=O) groups is 2. The molecule has 9 heteroatoms. The Bertz CT molecular complexity index is 668. The van der Waals surface area contributed by atoms with Gasteiger partial charge in [-0.1, -0.05) is 17.2 Å². The molecule has 1 fully saturated rings. The SMILES string of the molecule is CB(O)N1CC(N=[N+]=[N-])C[C@@H]1CN1C(=O)c2ccccc2C1=O. The van der Waals surface area contributed by atoms with E-state index in [1.165, 1.54) is 4.90 Å². The number of amides is 2. The summed E-state index contributed by atoms with van der Waals surface area (Å²) in [4.78, 5) is 30.6. The summed E-state index contributed by atoms with van der Waals surface area (Å²) in [6.45, 7) is 2.21. The van der Waals surface area contributed by atoms with Crippen LogP contribution in [0.5, 0.6) is 0 Å². The van der Waals surface area contributed by atoms with Crippen LogP contribution in [0.2, 0.25) is 6.82 Å².